The Hall–Kier alpha value is -0.910. The van der Waals surface area contributed by atoms with Gasteiger partial charge in [0.15, 0.2) is 5.82 Å². The Morgan fingerprint density at radius 2 is 2.18 bits per heavy atom. The molecule has 0 aliphatic rings. The summed E-state index contributed by atoms with van der Waals surface area (Å²) < 4.78 is 2.63. The van der Waals surface area contributed by atoms with Crippen LogP contribution in [0.15, 0.2) is 16.7 Å². The fraction of sp³-hybridized carbons (Fsp3) is 0.273. The summed E-state index contributed by atoms with van der Waals surface area (Å²) in [6.07, 6.45) is 1.72. The third-order valence-electron chi connectivity index (χ3n) is 2.53. The van der Waals surface area contributed by atoms with Crippen molar-refractivity contribution < 1.29 is 0 Å². The highest BCUT2D eigenvalue weighted by atomic mass is 79.9. The van der Waals surface area contributed by atoms with Gasteiger partial charge in [0.05, 0.1) is 16.4 Å². The molecule has 17 heavy (non-hydrogen) atoms. The van der Waals surface area contributed by atoms with Crippen molar-refractivity contribution in [3.8, 4) is 5.82 Å². The Morgan fingerprint density at radius 3 is 2.71 bits per heavy atom. The minimum atomic E-state index is 0.401. The Balaban J connectivity index is 2.64. The van der Waals surface area contributed by atoms with Gasteiger partial charge < -0.3 is 5.73 Å². The van der Waals surface area contributed by atoms with Crippen LogP contribution < -0.4 is 5.73 Å². The highest BCUT2D eigenvalue weighted by molar-refractivity contribution is 9.10. The molecule has 2 N–H and O–H groups in total. The Labute approximate surface area is 113 Å². The number of aromatic nitrogens is 3. The van der Waals surface area contributed by atoms with Crippen LogP contribution in [0.3, 0.4) is 0 Å². The summed E-state index contributed by atoms with van der Waals surface area (Å²) in [5.41, 5.74) is 8.29. The first-order chi connectivity index (χ1) is 8.04. The molecular weight excluding hydrogens is 304 g/mol. The van der Waals surface area contributed by atoms with Gasteiger partial charge in [0, 0.05) is 22.8 Å². The van der Waals surface area contributed by atoms with Crippen molar-refractivity contribution in [3.05, 3.63) is 38.7 Å². The van der Waals surface area contributed by atoms with E-state index in [9.17, 15) is 0 Å². The molecule has 0 spiro atoms. The maximum Gasteiger partial charge on any atom is 0.158 e. The standard InChI is InChI=1S/C11H12BrClN4/c1-6-10(13)7(2)17(16-6)11-8(4-14)3-9(12)5-15-11/h3,5H,4,14H2,1-2H3. The number of rotatable bonds is 2. The SMILES string of the molecule is Cc1nn(-c2ncc(Br)cc2CN)c(C)c1Cl. The van der Waals surface area contributed by atoms with Crippen LogP contribution in [-0.2, 0) is 6.54 Å². The molecule has 0 radical (unpaired) electrons. The molecule has 0 aromatic carbocycles. The fourth-order valence-electron chi connectivity index (χ4n) is 1.64. The van der Waals surface area contributed by atoms with Crippen LogP contribution in [0.2, 0.25) is 5.02 Å². The van der Waals surface area contributed by atoms with Crippen LogP contribution in [0.4, 0.5) is 0 Å². The molecule has 0 fully saturated rings. The molecule has 90 valence electrons. The van der Waals surface area contributed by atoms with E-state index in [1.54, 1.807) is 10.9 Å². The van der Waals surface area contributed by atoms with E-state index >= 15 is 0 Å². The van der Waals surface area contributed by atoms with E-state index in [1.165, 1.54) is 0 Å². The van der Waals surface area contributed by atoms with Crippen LogP contribution in [0.1, 0.15) is 17.0 Å². The first-order valence-electron chi connectivity index (χ1n) is 5.11. The summed E-state index contributed by atoms with van der Waals surface area (Å²) in [6, 6.07) is 1.94. The van der Waals surface area contributed by atoms with Gasteiger partial charge in [-0.3, -0.25) is 0 Å². The van der Waals surface area contributed by atoms with E-state index in [2.05, 4.69) is 26.0 Å². The summed E-state index contributed by atoms with van der Waals surface area (Å²) in [7, 11) is 0. The lowest BCUT2D eigenvalue weighted by Crippen LogP contribution is -2.09. The molecule has 2 rings (SSSR count). The van der Waals surface area contributed by atoms with Crippen molar-refractivity contribution in [2.24, 2.45) is 5.73 Å². The maximum absolute atomic E-state index is 6.12. The maximum atomic E-state index is 6.12. The number of nitrogens with two attached hydrogens (primary N) is 1. The highest BCUT2D eigenvalue weighted by Gasteiger charge is 2.14. The monoisotopic (exact) mass is 314 g/mol. The van der Waals surface area contributed by atoms with Crippen molar-refractivity contribution in [1.82, 2.24) is 14.8 Å². The Morgan fingerprint density at radius 1 is 1.47 bits per heavy atom. The van der Waals surface area contributed by atoms with E-state index in [-0.39, 0.29) is 0 Å². The number of hydrogen-bond donors (Lipinski definition) is 1. The van der Waals surface area contributed by atoms with E-state index in [4.69, 9.17) is 17.3 Å². The highest BCUT2D eigenvalue weighted by Crippen LogP contribution is 2.24. The molecule has 0 aliphatic heterocycles. The Bertz CT molecular complexity index is 565. The Kier molecular flexibility index (Phi) is 3.51. The van der Waals surface area contributed by atoms with Gasteiger partial charge in [-0.15, -0.1) is 0 Å². The van der Waals surface area contributed by atoms with Crippen LogP contribution in [-0.4, -0.2) is 14.8 Å². The normalized spacial score (nSPS) is 10.9. The van der Waals surface area contributed by atoms with Crippen molar-refractivity contribution in [1.29, 1.82) is 0 Å². The molecule has 0 amide bonds. The minimum absolute atomic E-state index is 0.401. The molecule has 0 saturated heterocycles. The zero-order chi connectivity index (χ0) is 12.6. The largest absolute Gasteiger partial charge is 0.326 e. The van der Waals surface area contributed by atoms with Gasteiger partial charge in [-0.1, -0.05) is 11.6 Å². The van der Waals surface area contributed by atoms with E-state index in [1.807, 2.05) is 19.9 Å². The molecule has 0 aliphatic carbocycles. The predicted octanol–water partition coefficient (Wildman–Crippen LogP) is 2.76. The second kappa shape index (κ2) is 4.76. The lowest BCUT2D eigenvalue weighted by molar-refractivity contribution is 0.788. The molecule has 2 aromatic rings. The van der Waals surface area contributed by atoms with Gasteiger partial charge in [0.25, 0.3) is 0 Å². The van der Waals surface area contributed by atoms with Gasteiger partial charge in [-0.25, -0.2) is 9.67 Å². The second-order valence-electron chi connectivity index (χ2n) is 3.74. The molecule has 4 nitrogen and oxygen atoms in total. The predicted molar refractivity (Wildman–Crippen MR) is 71.4 cm³/mol. The van der Waals surface area contributed by atoms with E-state index in [0.717, 1.165) is 27.2 Å². The van der Waals surface area contributed by atoms with E-state index < -0.39 is 0 Å². The third-order valence-corrected chi connectivity index (χ3v) is 3.51. The van der Waals surface area contributed by atoms with Gasteiger partial charge in [0.2, 0.25) is 0 Å². The molecule has 0 bridgehead atoms. The summed E-state index contributed by atoms with van der Waals surface area (Å²) >= 11 is 9.50. The zero-order valence-corrected chi connectivity index (χ0v) is 11.9. The lowest BCUT2D eigenvalue weighted by Gasteiger charge is -2.08. The average molecular weight is 316 g/mol. The van der Waals surface area contributed by atoms with Crippen LogP contribution in [0.25, 0.3) is 5.82 Å². The van der Waals surface area contributed by atoms with Gasteiger partial charge in [0.1, 0.15) is 0 Å². The number of nitrogens with zero attached hydrogens (tertiary/aromatic N) is 3. The minimum Gasteiger partial charge on any atom is -0.326 e. The first kappa shape index (κ1) is 12.5. The summed E-state index contributed by atoms with van der Waals surface area (Å²) in [5, 5.41) is 5.03. The average Bonchev–Trinajstić information content (AvgIpc) is 2.57. The van der Waals surface area contributed by atoms with Gasteiger partial charge in [-0.2, -0.15) is 5.10 Å². The number of hydrogen-bond acceptors (Lipinski definition) is 3. The molecule has 2 aromatic heterocycles. The molecule has 0 unspecified atom stereocenters. The topological polar surface area (TPSA) is 56.7 Å². The fourth-order valence-corrected chi connectivity index (χ4v) is 2.14. The summed E-state index contributed by atoms with van der Waals surface area (Å²) in [6.45, 7) is 4.18. The summed E-state index contributed by atoms with van der Waals surface area (Å²) in [4.78, 5) is 4.35. The zero-order valence-electron chi connectivity index (χ0n) is 9.54. The van der Waals surface area contributed by atoms with Crippen LogP contribution in [0, 0.1) is 13.8 Å². The first-order valence-corrected chi connectivity index (χ1v) is 6.28. The lowest BCUT2D eigenvalue weighted by atomic mass is 10.2. The second-order valence-corrected chi connectivity index (χ2v) is 5.03. The quantitative estimate of drug-likeness (QED) is 0.927. The third kappa shape index (κ3) is 2.22. The van der Waals surface area contributed by atoms with Crippen molar-refractivity contribution in [3.63, 3.8) is 0 Å². The van der Waals surface area contributed by atoms with Gasteiger partial charge >= 0.3 is 0 Å². The van der Waals surface area contributed by atoms with Crippen LogP contribution in [0.5, 0.6) is 0 Å². The molecule has 2 heterocycles. The molecular formula is C11H12BrClN4. The van der Waals surface area contributed by atoms with Crippen molar-refractivity contribution in [2.75, 3.05) is 0 Å². The molecule has 6 heteroatoms. The smallest absolute Gasteiger partial charge is 0.158 e. The van der Waals surface area contributed by atoms with Crippen molar-refractivity contribution in [2.45, 2.75) is 20.4 Å². The van der Waals surface area contributed by atoms with Crippen LogP contribution >= 0.6 is 27.5 Å². The molecule has 0 saturated carbocycles. The molecule has 0 atom stereocenters. The number of pyridine rings is 1. The summed E-state index contributed by atoms with van der Waals surface area (Å²) in [5.74, 6) is 0.725. The van der Waals surface area contributed by atoms with E-state index in [0.29, 0.717) is 11.6 Å². The van der Waals surface area contributed by atoms with Gasteiger partial charge in [-0.05, 0) is 35.8 Å². The van der Waals surface area contributed by atoms with Crippen molar-refractivity contribution >= 4 is 27.5 Å². The number of aryl methyl sites for hydroxylation is 1. The number of halogens is 2.